The summed E-state index contributed by atoms with van der Waals surface area (Å²) in [5, 5.41) is 0. The monoisotopic (exact) mass is 313 g/mol. The summed E-state index contributed by atoms with van der Waals surface area (Å²) in [5.74, 6) is 0.155. The van der Waals surface area contributed by atoms with E-state index in [1.165, 1.54) is 0 Å². The molecule has 0 aromatic rings. The minimum absolute atomic E-state index is 0.155. The largest absolute Gasteiger partial charge is 0.392 e. The van der Waals surface area contributed by atoms with Gasteiger partial charge < -0.3 is 10.6 Å². The van der Waals surface area contributed by atoms with Gasteiger partial charge in [-0.2, -0.15) is 0 Å². The molecule has 0 atom stereocenters. The molecule has 1 heterocycles. The Hall–Kier alpha value is -0.680. The summed E-state index contributed by atoms with van der Waals surface area (Å²) in [6, 6.07) is 0.536. The van der Waals surface area contributed by atoms with Crippen molar-refractivity contribution in [3.05, 3.63) is 0 Å². The van der Waals surface area contributed by atoms with Crippen LogP contribution in [0.15, 0.2) is 0 Å². The van der Waals surface area contributed by atoms with Crippen LogP contribution in [-0.4, -0.2) is 52.9 Å². The van der Waals surface area contributed by atoms with Gasteiger partial charge >= 0.3 is 0 Å². The molecule has 0 aromatic heterocycles. The zero-order chi connectivity index (χ0) is 16.0. The van der Waals surface area contributed by atoms with Crippen LogP contribution >= 0.6 is 12.2 Å². The Morgan fingerprint density at radius 3 is 1.95 bits per heavy atom. The van der Waals surface area contributed by atoms with Crippen molar-refractivity contribution in [2.75, 3.05) is 26.2 Å². The molecule has 0 spiro atoms. The van der Waals surface area contributed by atoms with Crippen LogP contribution in [0.3, 0.4) is 0 Å². The number of rotatable bonds is 7. The first-order chi connectivity index (χ1) is 9.89. The Bertz CT molecular complexity index is 357. The van der Waals surface area contributed by atoms with E-state index >= 15 is 0 Å². The third-order valence-corrected chi connectivity index (χ3v) is 4.96. The molecule has 2 N–H and O–H groups in total. The predicted octanol–water partition coefficient (Wildman–Crippen LogP) is 2.41. The molecule has 0 unspecified atom stereocenters. The molecule has 1 saturated heterocycles. The van der Waals surface area contributed by atoms with Crippen LogP contribution in [-0.2, 0) is 4.79 Å². The summed E-state index contributed by atoms with van der Waals surface area (Å²) in [5.41, 5.74) is 5.37. The molecule has 1 aliphatic rings. The van der Waals surface area contributed by atoms with E-state index in [4.69, 9.17) is 18.0 Å². The Labute approximate surface area is 135 Å². The standard InChI is InChI=1S/C16H31N3OS/c1-5-7-16(8-6-2,14(17)21)15(20)19-11-9-18(10-12-19)13(3)4/h13H,5-12H2,1-4H3,(H2,17,21). The number of nitrogens with two attached hydrogens (primary N) is 1. The van der Waals surface area contributed by atoms with E-state index < -0.39 is 5.41 Å². The van der Waals surface area contributed by atoms with Crippen LogP contribution in [0, 0.1) is 5.41 Å². The number of carbonyl (C=O) groups excluding carboxylic acids is 1. The van der Waals surface area contributed by atoms with E-state index in [0.717, 1.165) is 51.9 Å². The molecule has 0 aliphatic carbocycles. The van der Waals surface area contributed by atoms with E-state index in [9.17, 15) is 4.79 Å². The van der Waals surface area contributed by atoms with Crippen molar-refractivity contribution >= 4 is 23.1 Å². The second-order valence-corrected chi connectivity index (χ2v) is 6.81. The molecular weight excluding hydrogens is 282 g/mol. The van der Waals surface area contributed by atoms with Crippen LogP contribution in [0.4, 0.5) is 0 Å². The number of hydrogen-bond donors (Lipinski definition) is 1. The second kappa shape index (κ2) is 8.08. The fourth-order valence-corrected chi connectivity index (χ4v) is 3.58. The number of carbonyl (C=O) groups is 1. The molecule has 1 amide bonds. The van der Waals surface area contributed by atoms with E-state index in [0.29, 0.717) is 11.0 Å². The number of nitrogens with zero attached hydrogens (tertiary/aromatic N) is 2. The second-order valence-electron chi connectivity index (χ2n) is 6.37. The van der Waals surface area contributed by atoms with Gasteiger partial charge in [-0.3, -0.25) is 9.69 Å². The summed E-state index contributed by atoms with van der Waals surface area (Å²) in [7, 11) is 0. The molecular formula is C16H31N3OS. The van der Waals surface area contributed by atoms with Crippen LogP contribution in [0.1, 0.15) is 53.4 Å². The predicted molar refractivity (Wildman–Crippen MR) is 92.3 cm³/mol. The van der Waals surface area contributed by atoms with Gasteiger partial charge in [-0.05, 0) is 26.7 Å². The van der Waals surface area contributed by atoms with Crippen LogP contribution in [0.5, 0.6) is 0 Å². The SMILES string of the molecule is CCCC(CCC)(C(=O)N1CCN(C(C)C)CC1)C(N)=S. The van der Waals surface area contributed by atoms with Crippen molar-refractivity contribution in [3.63, 3.8) is 0 Å². The van der Waals surface area contributed by atoms with E-state index in [2.05, 4.69) is 32.6 Å². The van der Waals surface area contributed by atoms with Crippen molar-refractivity contribution in [2.45, 2.75) is 59.4 Å². The van der Waals surface area contributed by atoms with E-state index in [-0.39, 0.29) is 5.91 Å². The van der Waals surface area contributed by atoms with Gasteiger partial charge in [0.15, 0.2) is 0 Å². The summed E-state index contributed by atoms with van der Waals surface area (Å²) >= 11 is 5.29. The van der Waals surface area contributed by atoms with Crippen molar-refractivity contribution in [1.29, 1.82) is 0 Å². The summed E-state index contributed by atoms with van der Waals surface area (Å²) in [4.78, 5) is 17.8. The number of amides is 1. The minimum Gasteiger partial charge on any atom is -0.392 e. The number of thiocarbonyl (C=S) groups is 1. The zero-order valence-corrected chi connectivity index (χ0v) is 14.8. The quantitative estimate of drug-likeness (QED) is 0.733. The molecule has 1 aliphatic heterocycles. The van der Waals surface area contributed by atoms with Crippen LogP contribution < -0.4 is 5.73 Å². The Morgan fingerprint density at radius 1 is 1.14 bits per heavy atom. The van der Waals surface area contributed by atoms with Gasteiger partial charge in [0.2, 0.25) is 5.91 Å². The van der Waals surface area contributed by atoms with Crippen LogP contribution in [0.25, 0.3) is 0 Å². The van der Waals surface area contributed by atoms with Crippen molar-refractivity contribution in [1.82, 2.24) is 9.80 Å². The molecule has 0 aromatic carbocycles. The van der Waals surface area contributed by atoms with Gasteiger partial charge in [-0.25, -0.2) is 0 Å². The lowest BCUT2D eigenvalue weighted by atomic mass is 9.77. The molecule has 1 rings (SSSR count). The lowest BCUT2D eigenvalue weighted by Crippen LogP contribution is -2.57. The molecule has 5 heteroatoms. The fraction of sp³-hybridized carbons (Fsp3) is 0.875. The first kappa shape index (κ1) is 18.4. The van der Waals surface area contributed by atoms with Gasteiger partial charge in [0.1, 0.15) is 0 Å². The maximum Gasteiger partial charge on any atom is 0.235 e. The van der Waals surface area contributed by atoms with Gasteiger partial charge in [0.05, 0.1) is 10.4 Å². The van der Waals surface area contributed by atoms with Crippen molar-refractivity contribution < 1.29 is 4.79 Å². The zero-order valence-electron chi connectivity index (χ0n) is 14.0. The molecule has 21 heavy (non-hydrogen) atoms. The Balaban J connectivity index is 2.84. The maximum atomic E-state index is 13.1. The maximum absolute atomic E-state index is 13.1. The van der Waals surface area contributed by atoms with E-state index in [1.807, 2.05) is 4.90 Å². The normalized spacial score (nSPS) is 17.3. The van der Waals surface area contributed by atoms with Crippen molar-refractivity contribution in [3.8, 4) is 0 Å². The first-order valence-corrected chi connectivity index (χ1v) is 8.63. The summed E-state index contributed by atoms with van der Waals surface area (Å²) in [6.07, 6.45) is 3.38. The number of hydrogen-bond acceptors (Lipinski definition) is 3. The average molecular weight is 314 g/mol. The van der Waals surface area contributed by atoms with Crippen LogP contribution in [0.2, 0.25) is 0 Å². The minimum atomic E-state index is -0.626. The third kappa shape index (κ3) is 4.16. The molecule has 4 nitrogen and oxygen atoms in total. The molecule has 0 bridgehead atoms. The van der Waals surface area contributed by atoms with Gasteiger partial charge in [0, 0.05) is 32.2 Å². The molecule has 122 valence electrons. The van der Waals surface area contributed by atoms with Crippen molar-refractivity contribution in [2.24, 2.45) is 11.1 Å². The third-order valence-electron chi connectivity index (χ3n) is 4.57. The average Bonchev–Trinajstić information content (AvgIpc) is 2.46. The Morgan fingerprint density at radius 2 is 1.62 bits per heavy atom. The molecule has 0 saturated carbocycles. The van der Waals surface area contributed by atoms with E-state index in [1.54, 1.807) is 0 Å². The Kier molecular flexibility index (Phi) is 7.07. The topological polar surface area (TPSA) is 49.6 Å². The number of piperazine rings is 1. The lowest BCUT2D eigenvalue weighted by molar-refractivity contribution is -0.141. The highest BCUT2D eigenvalue weighted by Gasteiger charge is 2.43. The van der Waals surface area contributed by atoms with Gasteiger partial charge in [0.25, 0.3) is 0 Å². The fourth-order valence-electron chi connectivity index (χ4n) is 3.29. The molecule has 0 radical (unpaired) electrons. The summed E-state index contributed by atoms with van der Waals surface area (Å²) in [6.45, 7) is 12.0. The van der Waals surface area contributed by atoms with Gasteiger partial charge in [-0.1, -0.05) is 38.9 Å². The lowest BCUT2D eigenvalue weighted by Gasteiger charge is -2.42. The van der Waals surface area contributed by atoms with Gasteiger partial charge in [-0.15, -0.1) is 0 Å². The highest BCUT2D eigenvalue weighted by Crippen LogP contribution is 2.33. The highest BCUT2D eigenvalue weighted by atomic mass is 32.1. The molecule has 1 fully saturated rings. The highest BCUT2D eigenvalue weighted by molar-refractivity contribution is 7.80. The summed E-state index contributed by atoms with van der Waals surface area (Å²) < 4.78 is 0. The first-order valence-electron chi connectivity index (χ1n) is 8.22. The smallest absolute Gasteiger partial charge is 0.235 e.